The van der Waals surface area contributed by atoms with Crippen molar-refractivity contribution in [2.24, 2.45) is 0 Å². The monoisotopic (exact) mass is 493 g/mol. The average Bonchev–Trinajstić information content (AvgIpc) is 3.30. The van der Waals surface area contributed by atoms with Crippen LogP contribution in [0.1, 0.15) is 22.7 Å². The standard InChI is InChI=1S/C28H23N5O2S/c1-19-11-13-22(14-12-19)26-18-25(21-8-3-2-4-9-21)29-28-30-27(31-33(26)28)32-36(34,35)24-16-15-20-7-5-6-10-23(20)17-24/h2-18,26H,1H3,(H2,29,30,31,32)/t26-/m1/s1. The number of sulfonamides is 1. The van der Waals surface area contributed by atoms with Crippen molar-refractivity contribution >= 4 is 38.4 Å². The number of nitrogens with zero attached hydrogens (tertiary/aromatic N) is 3. The number of anilines is 2. The van der Waals surface area contributed by atoms with E-state index >= 15 is 0 Å². The van der Waals surface area contributed by atoms with Gasteiger partial charge in [0.1, 0.15) is 6.04 Å². The first-order valence-electron chi connectivity index (χ1n) is 11.6. The van der Waals surface area contributed by atoms with Crippen LogP contribution in [0.15, 0.2) is 108 Å². The van der Waals surface area contributed by atoms with E-state index in [1.807, 2.05) is 73.7 Å². The molecule has 8 heteroatoms. The van der Waals surface area contributed by atoms with Crippen molar-refractivity contribution in [3.8, 4) is 0 Å². The normalized spacial score (nSPS) is 15.1. The Morgan fingerprint density at radius 3 is 2.36 bits per heavy atom. The van der Waals surface area contributed by atoms with Crippen molar-refractivity contribution in [1.82, 2.24) is 14.8 Å². The SMILES string of the molecule is Cc1ccc([C@H]2C=C(c3ccccc3)Nc3nc(NS(=O)(=O)c4ccc5ccccc5c4)nn32)cc1. The quantitative estimate of drug-likeness (QED) is 0.333. The molecule has 0 fully saturated rings. The molecule has 1 aromatic heterocycles. The Hall–Kier alpha value is -4.43. The van der Waals surface area contributed by atoms with Crippen LogP contribution < -0.4 is 10.0 Å². The highest BCUT2D eigenvalue weighted by molar-refractivity contribution is 7.92. The zero-order valence-electron chi connectivity index (χ0n) is 19.5. The summed E-state index contributed by atoms with van der Waals surface area (Å²) >= 11 is 0. The van der Waals surface area contributed by atoms with Gasteiger partial charge in [-0.05, 0) is 47.0 Å². The number of aryl methyl sites for hydroxylation is 1. The number of rotatable bonds is 5. The molecule has 0 bridgehead atoms. The van der Waals surface area contributed by atoms with Crippen LogP contribution in [0.25, 0.3) is 16.5 Å². The zero-order valence-corrected chi connectivity index (χ0v) is 20.3. The van der Waals surface area contributed by atoms with Crippen molar-refractivity contribution in [3.05, 3.63) is 120 Å². The number of benzene rings is 4. The third kappa shape index (κ3) is 4.12. The third-order valence-electron chi connectivity index (χ3n) is 6.23. The summed E-state index contributed by atoms with van der Waals surface area (Å²) in [5.74, 6) is 0.462. The lowest BCUT2D eigenvalue weighted by molar-refractivity contribution is 0.599. The molecule has 0 saturated heterocycles. The van der Waals surface area contributed by atoms with E-state index in [0.717, 1.165) is 33.2 Å². The van der Waals surface area contributed by atoms with E-state index in [9.17, 15) is 8.42 Å². The molecule has 0 amide bonds. The van der Waals surface area contributed by atoms with Gasteiger partial charge in [-0.1, -0.05) is 90.5 Å². The van der Waals surface area contributed by atoms with Gasteiger partial charge in [0.05, 0.1) is 4.90 Å². The molecule has 5 aromatic rings. The first kappa shape index (κ1) is 22.1. The van der Waals surface area contributed by atoms with Crippen molar-refractivity contribution in [3.63, 3.8) is 0 Å². The molecule has 0 radical (unpaired) electrons. The van der Waals surface area contributed by atoms with E-state index in [4.69, 9.17) is 0 Å². The van der Waals surface area contributed by atoms with Gasteiger partial charge in [-0.15, -0.1) is 5.10 Å². The van der Waals surface area contributed by atoms with Crippen LogP contribution >= 0.6 is 0 Å². The molecule has 178 valence electrons. The highest BCUT2D eigenvalue weighted by atomic mass is 32.2. The number of nitrogens with one attached hydrogen (secondary N) is 2. The van der Waals surface area contributed by atoms with Gasteiger partial charge in [0.15, 0.2) is 0 Å². The fraction of sp³-hybridized carbons (Fsp3) is 0.0714. The number of fused-ring (bicyclic) bond motifs is 2. The summed E-state index contributed by atoms with van der Waals surface area (Å²) in [5, 5.41) is 9.66. The van der Waals surface area contributed by atoms with Crippen LogP contribution in [-0.2, 0) is 10.0 Å². The van der Waals surface area contributed by atoms with Crippen molar-refractivity contribution < 1.29 is 8.42 Å². The minimum Gasteiger partial charge on any atom is -0.324 e. The summed E-state index contributed by atoms with van der Waals surface area (Å²) < 4.78 is 30.7. The van der Waals surface area contributed by atoms with Crippen molar-refractivity contribution in [1.29, 1.82) is 0 Å². The summed E-state index contributed by atoms with van der Waals surface area (Å²) in [7, 11) is -3.89. The molecule has 7 nitrogen and oxygen atoms in total. The summed E-state index contributed by atoms with van der Waals surface area (Å²) in [6.45, 7) is 2.04. The summed E-state index contributed by atoms with van der Waals surface area (Å²) in [6.07, 6.45) is 2.07. The van der Waals surface area contributed by atoms with Crippen LogP contribution in [0.4, 0.5) is 11.9 Å². The second-order valence-electron chi connectivity index (χ2n) is 8.74. The van der Waals surface area contributed by atoms with Gasteiger partial charge in [0.25, 0.3) is 16.0 Å². The van der Waals surface area contributed by atoms with Crippen LogP contribution in [0.2, 0.25) is 0 Å². The smallest absolute Gasteiger partial charge is 0.264 e. The molecule has 2 N–H and O–H groups in total. The molecule has 1 atom stereocenters. The fourth-order valence-electron chi connectivity index (χ4n) is 4.34. The van der Waals surface area contributed by atoms with Gasteiger partial charge in [0, 0.05) is 5.70 Å². The van der Waals surface area contributed by atoms with Crippen LogP contribution in [0.3, 0.4) is 0 Å². The second-order valence-corrected chi connectivity index (χ2v) is 10.4. The minimum absolute atomic E-state index is 0.00508. The maximum Gasteiger partial charge on any atom is 0.264 e. The maximum atomic E-state index is 13.2. The van der Waals surface area contributed by atoms with Crippen LogP contribution in [0, 0.1) is 6.92 Å². The molecular weight excluding hydrogens is 470 g/mol. The van der Waals surface area contributed by atoms with E-state index < -0.39 is 10.0 Å². The predicted octanol–water partition coefficient (Wildman–Crippen LogP) is 5.60. The number of allylic oxidation sites excluding steroid dienone is 1. The molecular formula is C28H23N5O2S. The lowest BCUT2D eigenvalue weighted by Gasteiger charge is -2.24. The largest absolute Gasteiger partial charge is 0.324 e. The lowest BCUT2D eigenvalue weighted by Crippen LogP contribution is -2.20. The number of hydrogen-bond acceptors (Lipinski definition) is 5. The Kier molecular flexibility index (Phi) is 5.30. The highest BCUT2D eigenvalue weighted by Gasteiger charge is 2.27. The Balaban J connectivity index is 1.37. The van der Waals surface area contributed by atoms with Gasteiger partial charge in [0.2, 0.25) is 5.95 Å². The van der Waals surface area contributed by atoms with Gasteiger partial charge >= 0.3 is 0 Å². The minimum atomic E-state index is -3.89. The Bertz CT molecular complexity index is 1710. The predicted molar refractivity (Wildman–Crippen MR) is 142 cm³/mol. The Labute approximate surface area is 209 Å². The van der Waals surface area contributed by atoms with Crippen molar-refractivity contribution in [2.45, 2.75) is 17.9 Å². The summed E-state index contributed by atoms with van der Waals surface area (Å²) in [6, 6.07) is 30.5. The van der Waals surface area contributed by atoms with Gasteiger partial charge in [-0.3, -0.25) is 0 Å². The van der Waals surface area contributed by atoms with Crippen molar-refractivity contribution in [2.75, 3.05) is 10.0 Å². The zero-order chi connectivity index (χ0) is 24.7. The highest BCUT2D eigenvalue weighted by Crippen LogP contribution is 2.33. The van der Waals surface area contributed by atoms with Crippen LogP contribution in [-0.4, -0.2) is 23.2 Å². The van der Waals surface area contributed by atoms with E-state index in [2.05, 4.69) is 38.3 Å². The number of hydrogen-bond donors (Lipinski definition) is 2. The molecule has 0 unspecified atom stereocenters. The molecule has 4 aromatic carbocycles. The average molecular weight is 494 g/mol. The second kappa shape index (κ2) is 8.66. The first-order chi connectivity index (χ1) is 17.5. The molecule has 6 rings (SSSR count). The molecule has 1 aliphatic rings. The topological polar surface area (TPSA) is 88.9 Å². The maximum absolute atomic E-state index is 13.2. The van der Waals surface area contributed by atoms with Crippen LogP contribution in [0.5, 0.6) is 0 Å². The fourth-order valence-corrected chi connectivity index (χ4v) is 5.31. The molecule has 0 aliphatic carbocycles. The summed E-state index contributed by atoms with van der Waals surface area (Å²) in [5.41, 5.74) is 4.06. The summed E-state index contributed by atoms with van der Waals surface area (Å²) in [4.78, 5) is 4.66. The van der Waals surface area contributed by atoms with Gasteiger partial charge in [-0.2, -0.15) is 4.98 Å². The molecule has 0 spiro atoms. The van der Waals surface area contributed by atoms with E-state index in [-0.39, 0.29) is 16.9 Å². The first-order valence-corrected chi connectivity index (χ1v) is 13.0. The van der Waals surface area contributed by atoms with E-state index in [1.54, 1.807) is 22.9 Å². The van der Waals surface area contributed by atoms with E-state index in [0.29, 0.717) is 5.95 Å². The lowest BCUT2D eigenvalue weighted by atomic mass is 10.0. The van der Waals surface area contributed by atoms with Gasteiger partial charge < -0.3 is 5.32 Å². The Morgan fingerprint density at radius 1 is 0.861 bits per heavy atom. The molecule has 0 saturated carbocycles. The third-order valence-corrected chi connectivity index (χ3v) is 7.55. The number of aromatic nitrogens is 3. The molecule has 1 aliphatic heterocycles. The Morgan fingerprint density at radius 2 is 1.58 bits per heavy atom. The van der Waals surface area contributed by atoms with E-state index in [1.165, 1.54) is 0 Å². The molecule has 2 heterocycles. The molecule has 36 heavy (non-hydrogen) atoms. The van der Waals surface area contributed by atoms with Gasteiger partial charge in [-0.25, -0.2) is 17.8 Å².